The van der Waals surface area contributed by atoms with Gasteiger partial charge in [0.2, 0.25) is 0 Å². The highest BCUT2D eigenvalue weighted by molar-refractivity contribution is 6.06. The first kappa shape index (κ1) is 21.4. The first-order valence-corrected chi connectivity index (χ1v) is 11.9. The third-order valence-corrected chi connectivity index (χ3v) is 6.55. The zero-order chi connectivity index (χ0) is 22.6. The van der Waals surface area contributed by atoms with Crippen molar-refractivity contribution in [2.75, 3.05) is 18.4 Å². The lowest BCUT2D eigenvalue weighted by molar-refractivity contribution is 0.102. The summed E-state index contributed by atoms with van der Waals surface area (Å²) in [6.45, 7) is 5.46. The van der Waals surface area contributed by atoms with Crippen LogP contribution in [0.1, 0.15) is 40.7 Å². The maximum Gasteiger partial charge on any atom is 0.255 e. The third kappa shape index (κ3) is 5.15. The topological polar surface area (TPSA) is 32.3 Å². The molecule has 0 aromatic heterocycles. The molecular weight excluding hydrogens is 404 g/mol. The molecule has 1 saturated heterocycles. The summed E-state index contributed by atoms with van der Waals surface area (Å²) in [5.74, 6) is -0.0820. The minimum Gasteiger partial charge on any atom is -0.322 e. The molecule has 0 radical (unpaired) electrons. The highest BCUT2D eigenvalue weighted by atomic mass is 16.1. The molecule has 3 heteroatoms. The lowest BCUT2D eigenvalue weighted by atomic mass is 9.99. The number of amides is 1. The predicted molar refractivity (Wildman–Crippen MR) is 138 cm³/mol. The van der Waals surface area contributed by atoms with Crippen molar-refractivity contribution in [1.29, 1.82) is 0 Å². The Labute approximate surface area is 196 Å². The van der Waals surface area contributed by atoms with Crippen LogP contribution in [0.2, 0.25) is 0 Å². The van der Waals surface area contributed by atoms with E-state index in [1.54, 1.807) is 0 Å². The minimum absolute atomic E-state index is 0.0820. The fourth-order valence-electron chi connectivity index (χ4n) is 4.59. The van der Waals surface area contributed by atoms with Gasteiger partial charge in [0.05, 0.1) is 0 Å². The van der Waals surface area contributed by atoms with Gasteiger partial charge in [0.25, 0.3) is 5.91 Å². The van der Waals surface area contributed by atoms with Gasteiger partial charge < -0.3 is 5.32 Å². The van der Waals surface area contributed by atoms with Gasteiger partial charge in [-0.2, -0.15) is 0 Å². The van der Waals surface area contributed by atoms with Gasteiger partial charge in [0, 0.05) is 17.8 Å². The highest BCUT2D eigenvalue weighted by Gasteiger charge is 2.11. The normalized spacial score (nSPS) is 14.3. The van der Waals surface area contributed by atoms with Crippen molar-refractivity contribution in [3.8, 4) is 11.1 Å². The molecule has 1 fully saturated rings. The Hall–Kier alpha value is -3.43. The second-order valence-corrected chi connectivity index (χ2v) is 9.13. The molecule has 0 saturated carbocycles. The van der Waals surface area contributed by atoms with Gasteiger partial charge in [-0.05, 0) is 90.6 Å². The van der Waals surface area contributed by atoms with E-state index in [0.717, 1.165) is 28.6 Å². The molecule has 5 rings (SSSR count). The van der Waals surface area contributed by atoms with E-state index in [-0.39, 0.29) is 5.91 Å². The highest BCUT2D eigenvalue weighted by Crippen LogP contribution is 2.26. The zero-order valence-corrected chi connectivity index (χ0v) is 19.2. The van der Waals surface area contributed by atoms with Gasteiger partial charge in [-0.3, -0.25) is 9.69 Å². The van der Waals surface area contributed by atoms with Crippen molar-refractivity contribution < 1.29 is 4.79 Å². The molecule has 1 N–H and O–H groups in total. The van der Waals surface area contributed by atoms with Crippen LogP contribution in [0.25, 0.3) is 21.9 Å². The molecule has 1 amide bonds. The van der Waals surface area contributed by atoms with E-state index in [1.807, 2.05) is 30.3 Å². The first-order chi connectivity index (χ1) is 16.1. The number of anilines is 1. The standard InChI is InChI=1S/C30H30N2O/c1-22-5-9-24(10-6-22)26-13-11-25-12-14-27(20-28(25)19-26)30(33)31-29-15-7-23(8-16-29)21-32-17-3-2-4-18-32/h5-16,19-20H,2-4,17-18,21H2,1H3,(H,31,33). The number of likely N-dealkylation sites (tertiary alicyclic amines) is 1. The fraction of sp³-hybridized carbons (Fsp3) is 0.233. The van der Waals surface area contributed by atoms with Crippen molar-refractivity contribution in [1.82, 2.24) is 4.90 Å². The molecule has 3 nitrogen and oxygen atoms in total. The van der Waals surface area contributed by atoms with Crippen LogP contribution >= 0.6 is 0 Å². The van der Waals surface area contributed by atoms with Gasteiger partial charge in [-0.25, -0.2) is 0 Å². The molecular formula is C30H30N2O. The van der Waals surface area contributed by atoms with E-state index < -0.39 is 0 Å². The minimum atomic E-state index is -0.0820. The molecule has 166 valence electrons. The molecule has 0 aliphatic carbocycles. The smallest absolute Gasteiger partial charge is 0.255 e. The summed E-state index contributed by atoms with van der Waals surface area (Å²) >= 11 is 0. The summed E-state index contributed by atoms with van der Waals surface area (Å²) in [5, 5.41) is 5.25. The number of carbonyl (C=O) groups is 1. The number of benzene rings is 4. The van der Waals surface area contributed by atoms with Crippen molar-refractivity contribution in [2.45, 2.75) is 32.7 Å². The molecule has 1 aliphatic rings. The third-order valence-electron chi connectivity index (χ3n) is 6.55. The number of piperidine rings is 1. The van der Waals surface area contributed by atoms with Crippen LogP contribution in [0.5, 0.6) is 0 Å². The number of fused-ring (bicyclic) bond motifs is 1. The predicted octanol–water partition coefficient (Wildman–Crippen LogP) is 7.05. The Morgan fingerprint density at radius 3 is 2.21 bits per heavy atom. The molecule has 0 spiro atoms. The van der Waals surface area contributed by atoms with Crippen molar-refractivity contribution in [3.05, 3.63) is 102 Å². The molecule has 4 aromatic rings. The van der Waals surface area contributed by atoms with Gasteiger partial charge in [-0.1, -0.05) is 66.6 Å². The average molecular weight is 435 g/mol. The fourth-order valence-corrected chi connectivity index (χ4v) is 4.59. The zero-order valence-electron chi connectivity index (χ0n) is 19.2. The maximum atomic E-state index is 12.9. The van der Waals surface area contributed by atoms with Crippen LogP contribution in [-0.2, 0) is 6.54 Å². The maximum absolute atomic E-state index is 12.9. The van der Waals surface area contributed by atoms with E-state index in [0.29, 0.717) is 5.56 Å². The summed E-state index contributed by atoms with van der Waals surface area (Å²) in [5.41, 5.74) is 6.38. The van der Waals surface area contributed by atoms with Gasteiger partial charge in [0.1, 0.15) is 0 Å². The van der Waals surface area contributed by atoms with Crippen molar-refractivity contribution >= 4 is 22.4 Å². The largest absolute Gasteiger partial charge is 0.322 e. The number of rotatable bonds is 5. The van der Waals surface area contributed by atoms with E-state index >= 15 is 0 Å². The number of nitrogens with zero attached hydrogens (tertiary/aromatic N) is 1. The first-order valence-electron chi connectivity index (χ1n) is 11.9. The molecule has 0 unspecified atom stereocenters. The summed E-state index contributed by atoms with van der Waals surface area (Å²) in [4.78, 5) is 15.4. The average Bonchev–Trinajstić information content (AvgIpc) is 2.85. The molecule has 1 aliphatic heterocycles. The summed E-state index contributed by atoms with van der Waals surface area (Å²) in [6.07, 6.45) is 3.95. The van der Waals surface area contributed by atoms with Crippen LogP contribution in [-0.4, -0.2) is 23.9 Å². The summed E-state index contributed by atoms with van der Waals surface area (Å²) in [6, 6.07) is 29.1. The number of hydrogen-bond donors (Lipinski definition) is 1. The van der Waals surface area contributed by atoms with Crippen LogP contribution < -0.4 is 5.32 Å². The molecule has 0 bridgehead atoms. The quantitative estimate of drug-likeness (QED) is 0.365. The molecule has 4 aromatic carbocycles. The van der Waals surface area contributed by atoms with Gasteiger partial charge in [0.15, 0.2) is 0 Å². The monoisotopic (exact) mass is 434 g/mol. The van der Waals surface area contributed by atoms with Gasteiger partial charge in [-0.15, -0.1) is 0 Å². The van der Waals surface area contributed by atoms with Crippen LogP contribution in [0.4, 0.5) is 5.69 Å². The number of nitrogens with one attached hydrogen (secondary N) is 1. The second kappa shape index (κ2) is 9.60. The number of hydrogen-bond acceptors (Lipinski definition) is 2. The van der Waals surface area contributed by atoms with Crippen LogP contribution in [0.3, 0.4) is 0 Å². The summed E-state index contributed by atoms with van der Waals surface area (Å²) in [7, 11) is 0. The van der Waals surface area contributed by atoms with E-state index in [2.05, 4.69) is 71.7 Å². The van der Waals surface area contributed by atoms with E-state index in [9.17, 15) is 4.79 Å². The molecule has 1 heterocycles. The molecule has 0 atom stereocenters. The Balaban J connectivity index is 1.30. The SMILES string of the molecule is Cc1ccc(-c2ccc3ccc(C(=O)Nc4ccc(CN5CCCCC5)cc4)cc3c2)cc1. The van der Waals surface area contributed by atoms with Crippen molar-refractivity contribution in [2.24, 2.45) is 0 Å². The Bertz CT molecular complexity index is 1250. The van der Waals surface area contributed by atoms with Gasteiger partial charge >= 0.3 is 0 Å². The lowest BCUT2D eigenvalue weighted by Gasteiger charge is -2.26. The van der Waals surface area contributed by atoms with E-state index in [4.69, 9.17) is 0 Å². The van der Waals surface area contributed by atoms with Crippen LogP contribution in [0, 0.1) is 6.92 Å². The lowest BCUT2D eigenvalue weighted by Crippen LogP contribution is -2.29. The summed E-state index contributed by atoms with van der Waals surface area (Å²) < 4.78 is 0. The number of aryl methyl sites for hydroxylation is 1. The van der Waals surface area contributed by atoms with E-state index in [1.165, 1.54) is 49.0 Å². The molecule has 33 heavy (non-hydrogen) atoms. The Kier molecular flexibility index (Phi) is 6.23. The second-order valence-electron chi connectivity index (χ2n) is 9.13. The number of carbonyl (C=O) groups excluding carboxylic acids is 1. The Morgan fingerprint density at radius 1 is 0.758 bits per heavy atom. The Morgan fingerprint density at radius 2 is 1.45 bits per heavy atom. The van der Waals surface area contributed by atoms with Crippen LogP contribution in [0.15, 0.2) is 84.9 Å². The van der Waals surface area contributed by atoms with Crippen molar-refractivity contribution in [3.63, 3.8) is 0 Å².